The highest BCUT2D eigenvalue weighted by atomic mass is 32.2. The van der Waals surface area contributed by atoms with Crippen LogP contribution >= 0.6 is 11.8 Å². The molecule has 140 valence electrons. The molecule has 3 rings (SSSR count). The lowest BCUT2D eigenvalue weighted by Crippen LogP contribution is -2.26. The molecule has 0 atom stereocenters. The second-order valence-electron chi connectivity index (χ2n) is 6.82. The number of unbranched alkanes of at least 4 members (excludes halogenated alkanes) is 1. The van der Waals surface area contributed by atoms with Gasteiger partial charge in [-0.25, -0.2) is 4.98 Å². The lowest BCUT2D eigenvalue weighted by atomic mass is 10.1. The maximum atomic E-state index is 12.4. The Labute approximate surface area is 160 Å². The normalized spacial score (nSPS) is 14.7. The van der Waals surface area contributed by atoms with E-state index in [2.05, 4.69) is 21.3 Å². The SMILES string of the molecule is Cn1ccnc1SCc1cccc(C(=O)NCCCCN2CCCC2)c1. The third-order valence-electron chi connectivity index (χ3n) is 4.72. The topological polar surface area (TPSA) is 50.2 Å². The Balaban J connectivity index is 1.40. The van der Waals surface area contributed by atoms with Crippen LogP contribution in [0, 0.1) is 0 Å². The largest absolute Gasteiger partial charge is 0.352 e. The molecule has 1 aromatic heterocycles. The Morgan fingerprint density at radius 3 is 2.88 bits per heavy atom. The lowest BCUT2D eigenvalue weighted by molar-refractivity contribution is 0.0952. The van der Waals surface area contributed by atoms with Crippen LogP contribution in [0.2, 0.25) is 0 Å². The van der Waals surface area contributed by atoms with Gasteiger partial charge in [-0.1, -0.05) is 23.9 Å². The van der Waals surface area contributed by atoms with Gasteiger partial charge in [0, 0.05) is 37.3 Å². The summed E-state index contributed by atoms with van der Waals surface area (Å²) in [7, 11) is 1.99. The molecule has 2 aromatic rings. The van der Waals surface area contributed by atoms with Gasteiger partial charge in [0.2, 0.25) is 0 Å². The number of nitrogens with zero attached hydrogens (tertiary/aromatic N) is 3. The maximum Gasteiger partial charge on any atom is 0.251 e. The van der Waals surface area contributed by atoms with E-state index in [1.54, 1.807) is 18.0 Å². The van der Waals surface area contributed by atoms with Gasteiger partial charge in [-0.3, -0.25) is 4.79 Å². The van der Waals surface area contributed by atoms with Crippen LogP contribution in [0.4, 0.5) is 0 Å². The van der Waals surface area contributed by atoms with Crippen LogP contribution in [0.15, 0.2) is 41.8 Å². The molecule has 1 aliphatic heterocycles. The molecule has 1 aliphatic rings. The van der Waals surface area contributed by atoms with Crippen LogP contribution in [0.3, 0.4) is 0 Å². The Morgan fingerprint density at radius 2 is 2.12 bits per heavy atom. The minimum Gasteiger partial charge on any atom is -0.352 e. The summed E-state index contributed by atoms with van der Waals surface area (Å²) in [5, 5.41) is 4.03. The van der Waals surface area contributed by atoms with Crippen molar-refractivity contribution in [2.45, 2.75) is 36.6 Å². The van der Waals surface area contributed by atoms with Gasteiger partial charge in [0.1, 0.15) is 0 Å². The van der Waals surface area contributed by atoms with Gasteiger partial charge in [-0.05, 0) is 63.0 Å². The molecule has 1 saturated heterocycles. The van der Waals surface area contributed by atoms with Crippen molar-refractivity contribution in [3.63, 3.8) is 0 Å². The molecule has 6 heteroatoms. The molecule has 0 unspecified atom stereocenters. The quantitative estimate of drug-likeness (QED) is 0.542. The smallest absolute Gasteiger partial charge is 0.251 e. The summed E-state index contributed by atoms with van der Waals surface area (Å²) in [6.07, 6.45) is 8.61. The first kappa shape index (κ1) is 19.0. The van der Waals surface area contributed by atoms with E-state index < -0.39 is 0 Å². The average molecular weight is 373 g/mol. The molecule has 5 nitrogen and oxygen atoms in total. The fourth-order valence-corrected chi connectivity index (χ4v) is 4.09. The highest BCUT2D eigenvalue weighted by Gasteiger charge is 2.11. The molecule has 1 fully saturated rings. The summed E-state index contributed by atoms with van der Waals surface area (Å²) in [5.74, 6) is 0.831. The summed E-state index contributed by atoms with van der Waals surface area (Å²) < 4.78 is 2.00. The third kappa shape index (κ3) is 5.61. The molecule has 26 heavy (non-hydrogen) atoms. The number of hydrogen-bond acceptors (Lipinski definition) is 4. The number of hydrogen-bond donors (Lipinski definition) is 1. The minimum atomic E-state index is 0.0232. The first-order valence-electron chi connectivity index (χ1n) is 9.42. The Bertz CT molecular complexity index is 709. The second-order valence-corrected chi connectivity index (χ2v) is 7.76. The zero-order valence-electron chi connectivity index (χ0n) is 15.5. The van der Waals surface area contributed by atoms with Gasteiger partial charge in [0.15, 0.2) is 5.16 Å². The number of rotatable bonds is 9. The van der Waals surface area contributed by atoms with Crippen molar-refractivity contribution < 1.29 is 4.79 Å². The van der Waals surface area contributed by atoms with Gasteiger partial charge in [0.25, 0.3) is 5.91 Å². The number of carbonyl (C=O) groups excluding carboxylic acids is 1. The lowest BCUT2D eigenvalue weighted by Gasteiger charge is -2.14. The summed E-state index contributed by atoms with van der Waals surface area (Å²) in [6, 6.07) is 7.88. The molecular formula is C20H28N4OS. The highest BCUT2D eigenvalue weighted by molar-refractivity contribution is 7.98. The molecular weight excluding hydrogens is 344 g/mol. The number of carbonyl (C=O) groups is 1. The highest BCUT2D eigenvalue weighted by Crippen LogP contribution is 2.21. The molecule has 2 heterocycles. The van der Waals surface area contributed by atoms with Crippen molar-refractivity contribution >= 4 is 17.7 Å². The van der Waals surface area contributed by atoms with Gasteiger partial charge in [0.05, 0.1) is 0 Å². The van der Waals surface area contributed by atoms with Gasteiger partial charge >= 0.3 is 0 Å². The summed E-state index contributed by atoms with van der Waals surface area (Å²) >= 11 is 1.68. The van der Waals surface area contributed by atoms with E-state index in [4.69, 9.17) is 0 Å². The van der Waals surface area contributed by atoms with Crippen molar-refractivity contribution in [1.29, 1.82) is 0 Å². The van der Waals surface area contributed by atoms with E-state index in [-0.39, 0.29) is 5.91 Å². The van der Waals surface area contributed by atoms with Crippen molar-refractivity contribution in [1.82, 2.24) is 19.8 Å². The van der Waals surface area contributed by atoms with Crippen molar-refractivity contribution in [2.24, 2.45) is 7.05 Å². The molecule has 0 spiro atoms. The van der Waals surface area contributed by atoms with Crippen molar-refractivity contribution in [2.75, 3.05) is 26.2 Å². The van der Waals surface area contributed by atoms with E-state index in [9.17, 15) is 4.79 Å². The Hall–Kier alpha value is -1.79. The molecule has 1 aromatic carbocycles. The van der Waals surface area contributed by atoms with Crippen LogP contribution in [-0.4, -0.2) is 46.5 Å². The number of aromatic nitrogens is 2. The number of thioether (sulfide) groups is 1. The average Bonchev–Trinajstić information content (AvgIpc) is 3.31. The summed E-state index contributed by atoms with van der Waals surface area (Å²) in [5.41, 5.74) is 1.88. The van der Waals surface area contributed by atoms with E-state index in [0.717, 1.165) is 48.0 Å². The van der Waals surface area contributed by atoms with E-state index in [0.29, 0.717) is 0 Å². The number of benzene rings is 1. The van der Waals surface area contributed by atoms with Gasteiger partial charge in [-0.2, -0.15) is 0 Å². The monoisotopic (exact) mass is 372 g/mol. The van der Waals surface area contributed by atoms with Crippen LogP contribution in [-0.2, 0) is 12.8 Å². The van der Waals surface area contributed by atoms with Crippen LogP contribution in [0.1, 0.15) is 41.6 Å². The van der Waals surface area contributed by atoms with Crippen molar-refractivity contribution in [3.8, 4) is 0 Å². The van der Waals surface area contributed by atoms with Gasteiger partial charge < -0.3 is 14.8 Å². The second kappa shape index (κ2) is 9.78. The number of likely N-dealkylation sites (tertiary alicyclic amines) is 1. The van der Waals surface area contributed by atoms with Crippen molar-refractivity contribution in [3.05, 3.63) is 47.8 Å². The fraction of sp³-hybridized carbons (Fsp3) is 0.500. The van der Waals surface area contributed by atoms with Crippen LogP contribution < -0.4 is 5.32 Å². The third-order valence-corrected chi connectivity index (χ3v) is 5.85. The van der Waals surface area contributed by atoms with Crippen LogP contribution in [0.25, 0.3) is 0 Å². The molecule has 0 radical (unpaired) electrons. The molecule has 0 aliphatic carbocycles. The van der Waals surface area contributed by atoms with E-state index in [1.807, 2.05) is 36.0 Å². The number of amides is 1. The summed E-state index contributed by atoms with van der Waals surface area (Å²) in [6.45, 7) is 4.40. The zero-order valence-corrected chi connectivity index (χ0v) is 16.3. The maximum absolute atomic E-state index is 12.4. The summed E-state index contributed by atoms with van der Waals surface area (Å²) in [4.78, 5) is 19.2. The van der Waals surface area contributed by atoms with Crippen LogP contribution in [0.5, 0.6) is 0 Å². The standard InChI is InChI=1S/C20H28N4OS/c1-23-14-10-22-20(23)26-16-17-7-6-8-18(15-17)19(25)21-9-2-3-11-24-12-4-5-13-24/h6-8,10,14-15H,2-5,9,11-13,16H2,1H3,(H,21,25). The first-order chi connectivity index (χ1) is 12.7. The molecule has 1 N–H and O–H groups in total. The number of imidazole rings is 1. The predicted octanol–water partition coefficient (Wildman–Crippen LogP) is 3.32. The Morgan fingerprint density at radius 1 is 1.27 bits per heavy atom. The zero-order chi connectivity index (χ0) is 18.2. The predicted molar refractivity (Wildman–Crippen MR) is 106 cm³/mol. The molecule has 0 saturated carbocycles. The van der Waals surface area contributed by atoms with Gasteiger partial charge in [-0.15, -0.1) is 0 Å². The first-order valence-corrected chi connectivity index (χ1v) is 10.4. The number of aryl methyl sites for hydroxylation is 1. The number of nitrogens with one attached hydrogen (secondary N) is 1. The minimum absolute atomic E-state index is 0.0232. The van der Waals surface area contributed by atoms with E-state index in [1.165, 1.54) is 25.9 Å². The van der Waals surface area contributed by atoms with E-state index >= 15 is 0 Å². The fourth-order valence-electron chi connectivity index (χ4n) is 3.21. The molecule has 0 bridgehead atoms. The Kier molecular flexibility index (Phi) is 7.14. The molecule has 1 amide bonds.